The van der Waals surface area contributed by atoms with Crippen LogP contribution in [0.25, 0.3) is 10.9 Å². The third-order valence-corrected chi connectivity index (χ3v) is 3.61. The SMILES string of the molecule is CCC(C)C(NC(=O)c1cccc2[nH]ccc12)C(=O)O. The van der Waals surface area contributed by atoms with Crippen LogP contribution in [0.2, 0.25) is 0 Å². The van der Waals surface area contributed by atoms with Crippen molar-refractivity contribution in [2.75, 3.05) is 0 Å². The van der Waals surface area contributed by atoms with Crippen LogP contribution in [0.4, 0.5) is 0 Å². The maximum atomic E-state index is 12.3. The summed E-state index contributed by atoms with van der Waals surface area (Å²) in [5, 5.41) is 12.6. The highest BCUT2D eigenvalue weighted by Crippen LogP contribution is 2.18. The summed E-state index contributed by atoms with van der Waals surface area (Å²) in [5.74, 6) is -1.49. The molecule has 1 aromatic carbocycles. The van der Waals surface area contributed by atoms with Crippen LogP contribution in [0, 0.1) is 5.92 Å². The van der Waals surface area contributed by atoms with Crippen molar-refractivity contribution in [3.63, 3.8) is 0 Å². The number of aliphatic carboxylic acids is 1. The maximum Gasteiger partial charge on any atom is 0.326 e. The van der Waals surface area contributed by atoms with Crippen LogP contribution >= 0.6 is 0 Å². The second-order valence-electron chi connectivity index (χ2n) is 4.92. The molecule has 2 atom stereocenters. The highest BCUT2D eigenvalue weighted by Gasteiger charge is 2.26. The van der Waals surface area contributed by atoms with E-state index in [1.54, 1.807) is 18.3 Å². The van der Waals surface area contributed by atoms with Crippen molar-refractivity contribution in [3.8, 4) is 0 Å². The molecule has 0 aliphatic carbocycles. The molecule has 20 heavy (non-hydrogen) atoms. The topological polar surface area (TPSA) is 82.2 Å². The molecule has 0 aliphatic rings. The molecule has 106 valence electrons. The van der Waals surface area contributed by atoms with E-state index >= 15 is 0 Å². The Labute approximate surface area is 117 Å². The molecule has 0 radical (unpaired) electrons. The van der Waals surface area contributed by atoms with Gasteiger partial charge in [-0.2, -0.15) is 0 Å². The summed E-state index contributed by atoms with van der Waals surface area (Å²) in [7, 11) is 0. The molecular weight excluding hydrogens is 256 g/mol. The van der Waals surface area contributed by atoms with Crippen molar-refractivity contribution in [2.45, 2.75) is 26.3 Å². The van der Waals surface area contributed by atoms with Gasteiger partial charge in [-0.1, -0.05) is 26.3 Å². The second kappa shape index (κ2) is 5.77. The second-order valence-corrected chi connectivity index (χ2v) is 4.92. The van der Waals surface area contributed by atoms with E-state index in [4.69, 9.17) is 0 Å². The lowest BCUT2D eigenvalue weighted by atomic mass is 9.98. The minimum absolute atomic E-state index is 0.123. The van der Waals surface area contributed by atoms with Crippen molar-refractivity contribution < 1.29 is 14.7 Å². The van der Waals surface area contributed by atoms with Crippen molar-refractivity contribution in [2.24, 2.45) is 5.92 Å². The minimum Gasteiger partial charge on any atom is -0.480 e. The molecule has 0 saturated heterocycles. The molecule has 2 aromatic rings. The Morgan fingerprint density at radius 3 is 2.75 bits per heavy atom. The minimum atomic E-state index is -1.01. The number of carbonyl (C=O) groups excluding carboxylic acids is 1. The number of hydrogen-bond donors (Lipinski definition) is 3. The number of H-pyrrole nitrogens is 1. The van der Waals surface area contributed by atoms with Crippen LogP contribution in [-0.4, -0.2) is 28.0 Å². The molecule has 0 fully saturated rings. The van der Waals surface area contributed by atoms with E-state index in [9.17, 15) is 14.7 Å². The number of aromatic amines is 1. The number of carbonyl (C=O) groups is 2. The van der Waals surface area contributed by atoms with Gasteiger partial charge in [-0.05, 0) is 24.1 Å². The number of fused-ring (bicyclic) bond motifs is 1. The Morgan fingerprint density at radius 1 is 1.35 bits per heavy atom. The van der Waals surface area contributed by atoms with E-state index in [1.165, 1.54) is 0 Å². The van der Waals surface area contributed by atoms with Crippen LogP contribution in [0.15, 0.2) is 30.5 Å². The molecule has 3 N–H and O–H groups in total. The molecule has 0 bridgehead atoms. The zero-order valence-electron chi connectivity index (χ0n) is 11.5. The first kappa shape index (κ1) is 14.1. The van der Waals surface area contributed by atoms with E-state index in [0.29, 0.717) is 12.0 Å². The summed E-state index contributed by atoms with van der Waals surface area (Å²) in [6, 6.07) is 6.27. The Kier molecular flexibility index (Phi) is 4.08. The average molecular weight is 274 g/mol. The molecule has 2 unspecified atom stereocenters. The van der Waals surface area contributed by atoms with Gasteiger partial charge in [0.2, 0.25) is 0 Å². The molecule has 0 saturated carbocycles. The van der Waals surface area contributed by atoms with Gasteiger partial charge >= 0.3 is 5.97 Å². The van der Waals surface area contributed by atoms with Crippen molar-refractivity contribution in [1.82, 2.24) is 10.3 Å². The number of nitrogens with one attached hydrogen (secondary N) is 2. The summed E-state index contributed by atoms with van der Waals surface area (Å²) >= 11 is 0. The van der Waals surface area contributed by atoms with Crippen LogP contribution in [0.1, 0.15) is 30.6 Å². The summed E-state index contributed by atoms with van der Waals surface area (Å²) in [4.78, 5) is 26.6. The highest BCUT2D eigenvalue weighted by molar-refractivity contribution is 6.07. The largest absolute Gasteiger partial charge is 0.480 e. The molecule has 5 nitrogen and oxygen atoms in total. The number of rotatable bonds is 5. The molecule has 1 amide bonds. The first-order chi connectivity index (χ1) is 9.54. The smallest absolute Gasteiger partial charge is 0.326 e. The predicted octanol–water partition coefficient (Wildman–Crippen LogP) is 2.40. The lowest BCUT2D eigenvalue weighted by Gasteiger charge is -2.20. The fourth-order valence-corrected chi connectivity index (χ4v) is 2.19. The number of hydrogen-bond acceptors (Lipinski definition) is 2. The summed E-state index contributed by atoms with van der Waals surface area (Å²) < 4.78 is 0. The van der Waals surface area contributed by atoms with Gasteiger partial charge in [-0.15, -0.1) is 0 Å². The monoisotopic (exact) mass is 274 g/mol. The van der Waals surface area contributed by atoms with Crippen molar-refractivity contribution >= 4 is 22.8 Å². The summed E-state index contributed by atoms with van der Waals surface area (Å²) in [6.07, 6.45) is 2.44. The maximum absolute atomic E-state index is 12.3. The first-order valence-electron chi connectivity index (χ1n) is 6.64. The van der Waals surface area contributed by atoms with Crippen molar-refractivity contribution in [3.05, 3.63) is 36.0 Å². The Bertz CT molecular complexity index is 633. The Hall–Kier alpha value is -2.30. The molecule has 1 heterocycles. The molecular formula is C15H18N2O3. The zero-order valence-corrected chi connectivity index (χ0v) is 11.5. The van der Waals surface area contributed by atoms with Crippen LogP contribution in [-0.2, 0) is 4.79 Å². The van der Waals surface area contributed by atoms with Gasteiger partial charge < -0.3 is 15.4 Å². The summed E-state index contributed by atoms with van der Waals surface area (Å²) in [5.41, 5.74) is 1.34. The number of benzene rings is 1. The normalized spacial score (nSPS) is 13.9. The Balaban J connectivity index is 2.27. The lowest BCUT2D eigenvalue weighted by Crippen LogP contribution is -2.45. The number of carboxylic acid groups (broad SMARTS) is 1. The van der Waals surface area contributed by atoms with Gasteiger partial charge in [0.25, 0.3) is 5.91 Å². The molecule has 1 aromatic heterocycles. The molecule has 0 spiro atoms. The number of carboxylic acids is 1. The first-order valence-corrected chi connectivity index (χ1v) is 6.64. The van der Waals surface area contributed by atoms with Crippen LogP contribution < -0.4 is 5.32 Å². The van der Waals surface area contributed by atoms with Crippen LogP contribution in [0.5, 0.6) is 0 Å². The van der Waals surface area contributed by atoms with Gasteiger partial charge in [0.05, 0.1) is 0 Å². The highest BCUT2D eigenvalue weighted by atomic mass is 16.4. The van der Waals surface area contributed by atoms with Crippen LogP contribution in [0.3, 0.4) is 0 Å². The fraction of sp³-hybridized carbons (Fsp3) is 0.333. The van der Waals surface area contributed by atoms with Gasteiger partial charge in [0.15, 0.2) is 0 Å². The summed E-state index contributed by atoms with van der Waals surface area (Å²) in [6.45, 7) is 3.72. The number of amides is 1. The Morgan fingerprint density at radius 2 is 2.10 bits per heavy atom. The van der Waals surface area contributed by atoms with E-state index in [-0.39, 0.29) is 11.8 Å². The van der Waals surface area contributed by atoms with Gasteiger partial charge in [-0.3, -0.25) is 4.79 Å². The average Bonchev–Trinajstić information content (AvgIpc) is 2.91. The standard InChI is InChI=1S/C15H18N2O3/c1-3-9(2)13(15(19)20)17-14(18)11-5-4-6-12-10(11)7-8-16-12/h4-9,13,16H,3H2,1-2H3,(H,17,18)(H,19,20). The van der Waals surface area contributed by atoms with E-state index in [0.717, 1.165) is 10.9 Å². The molecule has 0 aliphatic heterocycles. The quantitative estimate of drug-likeness (QED) is 0.783. The van der Waals surface area contributed by atoms with E-state index in [1.807, 2.05) is 26.0 Å². The van der Waals surface area contributed by atoms with E-state index < -0.39 is 12.0 Å². The third-order valence-electron chi connectivity index (χ3n) is 3.61. The van der Waals surface area contributed by atoms with Crippen molar-refractivity contribution in [1.29, 1.82) is 0 Å². The van der Waals surface area contributed by atoms with Gasteiger partial charge in [-0.25, -0.2) is 4.79 Å². The number of aromatic nitrogens is 1. The van der Waals surface area contributed by atoms with Gasteiger partial charge in [0, 0.05) is 22.7 Å². The van der Waals surface area contributed by atoms with Gasteiger partial charge in [0.1, 0.15) is 6.04 Å². The van der Waals surface area contributed by atoms with E-state index in [2.05, 4.69) is 10.3 Å². The zero-order chi connectivity index (χ0) is 14.7. The fourth-order valence-electron chi connectivity index (χ4n) is 2.19. The molecule has 2 rings (SSSR count). The lowest BCUT2D eigenvalue weighted by molar-refractivity contribution is -0.140. The predicted molar refractivity (Wildman–Crippen MR) is 76.6 cm³/mol. The molecule has 5 heteroatoms. The third kappa shape index (κ3) is 2.66.